The minimum absolute atomic E-state index is 0.0756. The quantitative estimate of drug-likeness (QED) is 0.485. The summed E-state index contributed by atoms with van der Waals surface area (Å²) in [6.45, 7) is 4.40. The van der Waals surface area contributed by atoms with Gasteiger partial charge in [-0.3, -0.25) is 4.90 Å². The molecule has 1 aliphatic heterocycles. The van der Waals surface area contributed by atoms with E-state index in [1.54, 1.807) is 18.4 Å². The Morgan fingerprint density at radius 1 is 1.21 bits per heavy atom. The number of ether oxygens (including phenoxy) is 1. The Labute approximate surface area is 194 Å². The van der Waals surface area contributed by atoms with Crippen molar-refractivity contribution >= 4 is 28.3 Å². The Morgan fingerprint density at radius 3 is 2.61 bits per heavy atom. The molecule has 4 heterocycles. The maximum absolute atomic E-state index is 13.1. The highest BCUT2D eigenvalue weighted by molar-refractivity contribution is 7.09. The molecule has 1 fully saturated rings. The smallest absolute Gasteiger partial charge is 0.383 e. The number of imidazole rings is 1. The monoisotopic (exact) mass is 483 g/mol. The molecule has 180 valence electrons. The Hall–Kier alpha value is -2.31. The van der Waals surface area contributed by atoms with Gasteiger partial charge in [-0.2, -0.15) is 13.2 Å². The summed E-state index contributed by atoms with van der Waals surface area (Å²) < 4.78 is 45.6. The molecule has 0 amide bonds. The lowest BCUT2D eigenvalue weighted by Gasteiger charge is -2.31. The molecule has 0 aliphatic carbocycles. The fourth-order valence-corrected chi connectivity index (χ4v) is 4.70. The first kappa shape index (κ1) is 23.8. The highest BCUT2D eigenvalue weighted by Crippen LogP contribution is 2.31. The van der Waals surface area contributed by atoms with Gasteiger partial charge in [-0.1, -0.05) is 0 Å². The third kappa shape index (κ3) is 5.79. The first-order chi connectivity index (χ1) is 15.7. The van der Waals surface area contributed by atoms with E-state index in [1.807, 2.05) is 18.9 Å². The molecule has 4 rings (SSSR count). The predicted molar refractivity (Wildman–Crippen MR) is 121 cm³/mol. The van der Waals surface area contributed by atoms with Gasteiger partial charge in [0, 0.05) is 38.5 Å². The van der Waals surface area contributed by atoms with Crippen molar-refractivity contribution in [1.29, 1.82) is 0 Å². The highest BCUT2D eigenvalue weighted by atomic mass is 32.1. The lowest BCUT2D eigenvalue weighted by molar-refractivity contribution is -0.140. The summed E-state index contributed by atoms with van der Waals surface area (Å²) in [6, 6.07) is 0. The van der Waals surface area contributed by atoms with Crippen LogP contribution in [0, 0.1) is 6.92 Å². The highest BCUT2D eigenvalue weighted by Gasteiger charge is 2.31. The van der Waals surface area contributed by atoms with Crippen molar-refractivity contribution in [2.45, 2.75) is 44.9 Å². The molecule has 0 atom stereocenters. The third-order valence-corrected chi connectivity index (χ3v) is 6.63. The average molecular weight is 484 g/mol. The molecule has 0 saturated carbocycles. The van der Waals surface area contributed by atoms with E-state index < -0.39 is 12.7 Å². The molecule has 0 bridgehead atoms. The maximum atomic E-state index is 13.1. The molecule has 0 radical (unpaired) electrons. The zero-order valence-electron chi connectivity index (χ0n) is 19.0. The van der Waals surface area contributed by atoms with E-state index in [0.717, 1.165) is 47.7 Å². The number of nitrogens with zero attached hydrogens (tertiary/aromatic N) is 7. The molecule has 8 nitrogen and oxygen atoms in total. The van der Waals surface area contributed by atoms with Crippen LogP contribution >= 0.6 is 11.3 Å². The first-order valence-electron chi connectivity index (χ1n) is 10.9. The Kier molecular flexibility index (Phi) is 7.15. The summed E-state index contributed by atoms with van der Waals surface area (Å²) in [6.07, 6.45) is -1.49. The second kappa shape index (κ2) is 9.90. The number of hydrogen-bond acceptors (Lipinski definition) is 8. The molecule has 3 aromatic rings. The number of hydrogen-bond donors (Lipinski definition) is 0. The zero-order valence-corrected chi connectivity index (χ0v) is 19.8. The molecular formula is C21H28F3N7OS. The summed E-state index contributed by atoms with van der Waals surface area (Å²) >= 11 is 1.65. The van der Waals surface area contributed by atoms with Crippen molar-refractivity contribution in [3.63, 3.8) is 0 Å². The van der Waals surface area contributed by atoms with Crippen LogP contribution in [0.1, 0.15) is 35.3 Å². The van der Waals surface area contributed by atoms with E-state index >= 15 is 0 Å². The second-order valence-electron chi connectivity index (χ2n) is 8.39. The van der Waals surface area contributed by atoms with Crippen molar-refractivity contribution in [2.24, 2.45) is 0 Å². The number of aryl methyl sites for hydroxylation is 1. The molecular weight excluding hydrogens is 455 g/mol. The van der Waals surface area contributed by atoms with Crippen LogP contribution in [-0.2, 0) is 17.8 Å². The standard InChI is InChI=1S/C21H28F3N7OS/c1-14-26-16(11-33-14)10-30-6-4-15(5-7-30)18-27-19(29(2)8-9-32-3)17-20(28-18)31(13-25-17)12-21(22,23)24/h11,13,15H,4-10,12H2,1-3H3. The lowest BCUT2D eigenvalue weighted by Crippen LogP contribution is -2.33. The van der Waals surface area contributed by atoms with Crippen LogP contribution in [0.15, 0.2) is 11.7 Å². The van der Waals surface area contributed by atoms with Gasteiger partial charge in [0.2, 0.25) is 0 Å². The molecule has 0 unspecified atom stereocenters. The van der Waals surface area contributed by atoms with Crippen molar-refractivity contribution in [1.82, 2.24) is 29.4 Å². The van der Waals surface area contributed by atoms with Gasteiger partial charge in [-0.25, -0.2) is 19.9 Å². The van der Waals surface area contributed by atoms with Crippen LogP contribution in [0.4, 0.5) is 19.0 Å². The van der Waals surface area contributed by atoms with Gasteiger partial charge in [-0.15, -0.1) is 11.3 Å². The Balaban J connectivity index is 1.57. The van der Waals surface area contributed by atoms with E-state index in [0.29, 0.717) is 30.3 Å². The van der Waals surface area contributed by atoms with Gasteiger partial charge < -0.3 is 14.2 Å². The van der Waals surface area contributed by atoms with Crippen molar-refractivity contribution in [3.05, 3.63) is 28.2 Å². The molecule has 0 spiro atoms. The number of fused-ring (bicyclic) bond motifs is 1. The Morgan fingerprint density at radius 2 is 1.97 bits per heavy atom. The maximum Gasteiger partial charge on any atom is 0.406 e. The number of halogens is 3. The normalized spacial score (nSPS) is 16.1. The number of alkyl halides is 3. The summed E-state index contributed by atoms with van der Waals surface area (Å²) in [4.78, 5) is 22.3. The number of aromatic nitrogens is 5. The van der Waals surface area contributed by atoms with Crippen LogP contribution in [0.5, 0.6) is 0 Å². The molecule has 1 aliphatic rings. The summed E-state index contributed by atoms with van der Waals surface area (Å²) in [5.41, 5.74) is 1.67. The van der Waals surface area contributed by atoms with Gasteiger partial charge in [0.1, 0.15) is 12.4 Å². The van der Waals surface area contributed by atoms with Gasteiger partial charge in [-0.05, 0) is 32.9 Å². The number of rotatable bonds is 8. The molecule has 0 N–H and O–H groups in total. The van der Waals surface area contributed by atoms with Gasteiger partial charge in [0.15, 0.2) is 17.0 Å². The van der Waals surface area contributed by atoms with Crippen molar-refractivity contribution in [3.8, 4) is 0 Å². The zero-order chi connectivity index (χ0) is 23.6. The van der Waals surface area contributed by atoms with Crippen LogP contribution in [0.2, 0.25) is 0 Å². The van der Waals surface area contributed by atoms with Crippen molar-refractivity contribution < 1.29 is 17.9 Å². The SMILES string of the molecule is COCCN(C)c1nc(C2CCN(Cc3csc(C)n3)CC2)nc2c1ncn2CC(F)(F)F. The largest absolute Gasteiger partial charge is 0.406 e. The van der Waals surface area contributed by atoms with E-state index in [4.69, 9.17) is 9.72 Å². The summed E-state index contributed by atoms with van der Waals surface area (Å²) in [7, 11) is 3.44. The van der Waals surface area contributed by atoms with E-state index in [2.05, 4.69) is 25.2 Å². The molecule has 0 aromatic carbocycles. The number of likely N-dealkylation sites (N-methyl/N-ethyl adjacent to an activating group) is 1. The minimum atomic E-state index is -4.36. The van der Waals surface area contributed by atoms with Gasteiger partial charge in [0.05, 0.1) is 23.6 Å². The van der Waals surface area contributed by atoms with E-state index in [-0.39, 0.29) is 11.6 Å². The summed E-state index contributed by atoms with van der Waals surface area (Å²) in [5, 5.41) is 3.14. The minimum Gasteiger partial charge on any atom is -0.383 e. The lowest BCUT2D eigenvalue weighted by atomic mass is 9.96. The molecule has 12 heteroatoms. The topological polar surface area (TPSA) is 72.2 Å². The molecule has 3 aromatic heterocycles. The fraction of sp³-hybridized carbons (Fsp3) is 0.619. The van der Waals surface area contributed by atoms with Gasteiger partial charge >= 0.3 is 6.18 Å². The van der Waals surface area contributed by atoms with E-state index in [1.165, 1.54) is 6.33 Å². The van der Waals surface area contributed by atoms with Crippen LogP contribution < -0.4 is 4.90 Å². The number of anilines is 1. The van der Waals surface area contributed by atoms with E-state index in [9.17, 15) is 13.2 Å². The molecule has 1 saturated heterocycles. The van der Waals surface area contributed by atoms with Gasteiger partial charge in [0.25, 0.3) is 0 Å². The Bertz CT molecular complexity index is 1080. The van der Waals surface area contributed by atoms with Crippen LogP contribution in [0.25, 0.3) is 11.2 Å². The second-order valence-corrected chi connectivity index (χ2v) is 9.45. The fourth-order valence-electron chi connectivity index (χ4n) is 4.10. The van der Waals surface area contributed by atoms with Crippen LogP contribution in [0.3, 0.4) is 0 Å². The number of piperidine rings is 1. The first-order valence-corrected chi connectivity index (χ1v) is 11.7. The average Bonchev–Trinajstić information content (AvgIpc) is 3.36. The number of methoxy groups -OCH3 is 1. The number of likely N-dealkylation sites (tertiary alicyclic amines) is 1. The van der Waals surface area contributed by atoms with Crippen LogP contribution in [-0.4, -0.2) is 76.0 Å². The number of thiazole rings is 1. The summed E-state index contributed by atoms with van der Waals surface area (Å²) in [5.74, 6) is 1.19. The predicted octanol–water partition coefficient (Wildman–Crippen LogP) is 3.62. The molecule has 33 heavy (non-hydrogen) atoms. The van der Waals surface area contributed by atoms with Crippen molar-refractivity contribution in [2.75, 3.05) is 45.3 Å². The third-order valence-electron chi connectivity index (χ3n) is 5.81.